The second kappa shape index (κ2) is 5.08. The summed E-state index contributed by atoms with van der Waals surface area (Å²) >= 11 is 0. The molecular formula is C7H15O5P. The highest BCUT2D eigenvalue weighted by molar-refractivity contribution is 7.46. The van der Waals surface area contributed by atoms with E-state index in [1.54, 1.807) is 0 Å². The Hall–Kier alpha value is 0.0700. The molecule has 1 aliphatic heterocycles. The van der Waals surface area contributed by atoms with Gasteiger partial charge in [0.05, 0.1) is 6.61 Å². The van der Waals surface area contributed by atoms with Crippen molar-refractivity contribution >= 4 is 7.82 Å². The number of hydrogen-bond donors (Lipinski definition) is 2. The molecule has 78 valence electrons. The van der Waals surface area contributed by atoms with Crippen LogP contribution in [-0.2, 0) is 13.8 Å². The van der Waals surface area contributed by atoms with Gasteiger partial charge in [0, 0.05) is 13.2 Å². The minimum atomic E-state index is -4.26. The molecule has 0 saturated carbocycles. The number of phosphoric acid groups is 1. The van der Waals surface area contributed by atoms with Crippen LogP contribution >= 0.6 is 7.82 Å². The zero-order valence-corrected chi connectivity index (χ0v) is 8.28. The Morgan fingerprint density at radius 2 is 2.00 bits per heavy atom. The van der Waals surface area contributed by atoms with Crippen LogP contribution in [0.5, 0.6) is 0 Å². The summed E-state index contributed by atoms with van der Waals surface area (Å²) in [6.07, 6.45) is 2.63. The maximum atomic E-state index is 10.3. The summed E-state index contributed by atoms with van der Waals surface area (Å²) < 4.78 is 19.8. The summed E-state index contributed by atoms with van der Waals surface area (Å²) in [5.41, 5.74) is 0. The van der Waals surface area contributed by atoms with Gasteiger partial charge >= 0.3 is 7.82 Å². The van der Waals surface area contributed by atoms with Crippen molar-refractivity contribution in [3.05, 3.63) is 0 Å². The molecule has 0 amide bonds. The Balaban J connectivity index is 2.08. The van der Waals surface area contributed by atoms with E-state index in [1.165, 1.54) is 0 Å². The first-order valence-electron chi connectivity index (χ1n) is 4.36. The summed E-state index contributed by atoms with van der Waals surface area (Å²) in [6.45, 7) is 1.64. The molecule has 1 heterocycles. The first-order valence-corrected chi connectivity index (χ1v) is 5.89. The predicted octanol–water partition coefficient (Wildman–Crippen LogP) is 0.912. The van der Waals surface area contributed by atoms with E-state index >= 15 is 0 Å². The van der Waals surface area contributed by atoms with Gasteiger partial charge in [-0.2, -0.15) is 0 Å². The zero-order valence-electron chi connectivity index (χ0n) is 7.39. The average molecular weight is 210 g/mol. The van der Waals surface area contributed by atoms with Gasteiger partial charge in [0.2, 0.25) is 0 Å². The van der Waals surface area contributed by atoms with Crippen LogP contribution in [0.15, 0.2) is 0 Å². The fraction of sp³-hybridized carbons (Fsp3) is 1.00. The smallest absolute Gasteiger partial charge is 0.381 e. The first kappa shape index (κ1) is 11.1. The van der Waals surface area contributed by atoms with Gasteiger partial charge < -0.3 is 14.5 Å². The lowest BCUT2D eigenvalue weighted by Gasteiger charge is -2.21. The molecule has 0 bridgehead atoms. The maximum Gasteiger partial charge on any atom is 0.469 e. The molecular weight excluding hydrogens is 195 g/mol. The van der Waals surface area contributed by atoms with Crippen molar-refractivity contribution in [1.29, 1.82) is 0 Å². The summed E-state index contributed by atoms with van der Waals surface area (Å²) in [5.74, 6) is 0.486. The van der Waals surface area contributed by atoms with E-state index in [2.05, 4.69) is 4.52 Å². The summed E-state index contributed by atoms with van der Waals surface area (Å²) in [7, 11) is -4.26. The molecule has 1 aliphatic rings. The molecule has 0 aromatic heterocycles. The minimum Gasteiger partial charge on any atom is -0.381 e. The summed E-state index contributed by atoms with van der Waals surface area (Å²) in [4.78, 5) is 16.8. The molecule has 13 heavy (non-hydrogen) atoms. The van der Waals surface area contributed by atoms with Gasteiger partial charge in [-0.05, 0) is 25.2 Å². The molecule has 1 saturated heterocycles. The molecule has 6 heteroatoms. The first-order chi connectivity index (χ1) is 6.08. The number of ether oxygens (including phenoxy) is 1. The van der Waals surface area contributed by atoms with Crippen molar-refractivity contribution in [2.45, 2.75) is 19.3 Å². The molecule has 0 aromatic carbocycles. The SMILES string of the molecule is O=P(O)(O)OCCC1CCOCC1. The van der Waals surface area contributed by atoms with Gasteiger partial charge in [0.25, 0.3) is 0 Å². The van der Waals surface area contributed by atoms with Gasteiger partial charge in [-0.1, -0.05) is 0 Å². The number of hydrogen-bond acceptors (Lipinski definition) is 3. The summed E-state index contributed by atoms with van der Waals surface area (Å²) in [6, 6.07) is 0. The lowest BCUT2D eigenvalue weighted by molar-refractivity contribution is 0.0575. The molecule has 0 atom stereocenters. The van der Waals surface area contributed by atoms with Gasteiger partial charge in [-0.15, -0.1) is 0 Å². The molecule has 1 rings (SSSR count). The Kier molecular flexibility index (Phi) is 4.35. The quantitative estimate of drug-likeness (QED) is 0.674. The normalized spacial score (nSPS) is 20.5. The number of rotatable bonds is 4. The lowest BCUT2D eigenvalue weighted by Crippen LogP contribution is -2.16. The van der Waals surface area contributed by atoms with E-state index in [0.29, 0.717) is 12.3 Å². The Labute approximate surface area is 77.3 Å². The van der Waals surface area contributed by atoms with Crippen LogP contribution in [0.3, 0.4) is 0 Å². The molecule has 0 aromatic rings. The van der Waals surface area contributed by atoms with Crippen LogP contribution < -0.4 is 0 Å². The van der Waals surface area contributed by atoms with Crippen LogP contribution in [0.25, 0.3) is 0 Å². The van der Waals surface area contributed by atoms with Crippen molar-refractivity contribution < 1.29 is 23.6 Å². The standard InChI is InChI=1S/C7H15O5P/c8-13(9,10)12-6-3-7-1-4-11-5-2-7/h7H,1-6H2,(H2,8,9,10). The second-order valence-corrected chi connectivity index (χ2v) is 4.41. The van der Waals surface area contributed by atoms with Crippen LogP contribution in [0, 0.1) is 5.92 Å². The molecule has 5 nitrogen and oxygen atoms in total. The van der Waals surface area contributed by atoms with Crippen molar-refractivity contribution in [3.8, 4) is 0 Å². The minimum absolute atomic E-state index is 0.134. The van der Waals surface area contributed by atoms with E-state index in [4.69, 9.17) is 14.5 Å². The molecule has 2 N–H and O–H groups in total. The molecule has 0 unspecified atom stereocenters. The average Bonchev–Trinajstić information content (AvgIpc) is 2.04. The van der Waals surface area contributed by atoms with Gasteiger partial charge in [-0.3, -0.25) is 4.52 Å². The van der Waals surface area contributed by atoms with E-state index in [1.807, 2.05) is 0 Å². The Morgan fingerprint density at radius 3 is 2.54 bits per heavy atom. The highest BCUT2D eigenvalue weighted by Crippen LogP contribution is 2.36. The molecule has 1 fully saturated rings. The third kappa shape index (κ3) is 5.39. The van der Waals surface area contributed by atoms with Crippen LogP contribution in [0.1, 0.15) is 19.3 Å². The van der Waals surface area contributed by atoms with E-state index < -0.39 is 7.82 Å². The van der Waals surface area contributed by atoms with E-state index in [9.17, 15) is 4.57 Å². The monoisotopic (exact) mass is 210 g/mol. The fourth-order valence-corrected chi connectivity index (χ4v) is 1.72. The topological polar surface area (TPSA) is 76.0 Å². The predicted molar refractivity (Wildman–Crippen MR) is 46.2 cm³/mol. The largest absolute Gasteiger partial charge is 0.469 e. The third-order valence-electron chi connectivity index (χ3n) is 2.13. The number of phosphoric ester groups is 1. The third-order valence-corrected chi connectivity index (χ3v) is 2.65. The van der Waals surface area contributed by atoms with Crippen LogP contribution in [0.4, 0.5) is 0 Å². The lowest BCUT2D eigenvalue weighted by atomic mass is 9.97. The van der Waals surface area contributed by atoms with E-state index in [0.717, 1.165) is 26.1 Å². The van der Waals surface area contributed by atoms with Crippen LogP contribution in [-0.4, -0.2) is 29.6 Å². The van der Waals surface area contributed by atoms with Gasteiger partial charge in [-0.25, -0.2) is 4.57 Å². The van der Waals surface area contributed by atoms with Crippen molar-refractivity contribution in [2.75, 3.05) is 19.8 Å². The van der Waals surface area contributed by atoms with E-state index in [-0.39, 0.29) is 6.61 Å². The molecule has 0 aliphatic carbocycles. The van der Waals surface area contributed by atoms with Crippen molar-refractivity contribution in [3.63, 3.8) is 0 Å². The molecule has 0 spiro atoms. The summed E-state index contributed by atoms with van der Waals surface area (Å²) in [5, 5.41) is 0. The second-order valence-electron chi connectivity index (χ2n) is 3.17. The molecule has 0 radical (unpaired) electrons. The highest BCUT2D eigenvalue weighted by Gasteiger charge is 2.17. The fourth-order valence-electron chi connectivity index (χ4n) is 1.37. The van der Waals surface area contributed by atoms with Crippen molar-refractivity contribution in [2.24, 2.45) is 5.92 Å². The van der Waals surface area contributed by atoms with Gasteiger partial charge in [0.15, 0.2) is 0 Å². The zero-order chi connectivity index (χ0) is 9.73. The van der Waals surface area contributed by atoms with Crippen molar-refractivity contribution in [1.82, 2.24) is 0 Å². The van der Waals surface area contributed by atoms with Gasteiger partial charge in [0.1, 0.15) is 0 Å². The Morgan fingerprint density at radius 1 is 1.38 bits per heavy atom. The highest BCUT2D eigenvalue weighted by atomic mass is 31.2. The Bertz CT molecular complexity index is 183. The van der Waals surface area contributed by atoms with Crippen LogP contribution in [0.2, 0.25) is 0 Å². The maximum absolute atomic E-state index is 10.3.